The second-order valence-corrected chi connectivity index (χ2v) is 4.98. The van der Waals surface area contributed by atoms with E-state index in [9.17, 15) is 4.79 Å². The van der Waals surface area contributed by atoms with Crippen LogP contribution in [0.4, 0.5) is 0 Å². The Kier molecular flexibility index (Phi) is 4.46. The summed E-state index contributed by atoms with van der Waals surface area (Å²) >= 11 is 5.87. The average molecular weight is 327 g/mol. The second-order valence-electron chi connectivity index (χ2n) is 4.55. The van der Waals surface area contributed by atoms with Crippen LogP contribution in [0.25, 0.3) is 11.5 Å². The minimum Gasteiger partial charge on any atom is -0.461 e. The van der Waals surface area contributed by atoms with E-state index in [0.717, 1.165) is 5.56 Å². The number of rotatable bonds is 3. The SMILES string of the molecule is O=C(NCC#Cc1cccc(Cl)c1)c1cc(-c2ccco2)on1. The van der Waals surface area contributed by atoms with Crippen LogP contribution in [0.2, 0.25) is 5.02 Å². The predicted molar refractivity (Wildman–Crippen MR) is 84.9 cm³/mol. The van der Waals surface area contributed by atoms with Crippen molar-refractivity contribution in [3.63, 3.8) is 0 Å². The van der Waals surface area contributed by atoms with Crippen molar-refractivity contribution in [1.29, 1.82) is 0 Å². The normalized spacial score (nSPS) is 9.96. The second kappa shape index (κ2) is 6.86. The van der Waals surface area contributed by atoms with Gasteiger partial charge in [0, 0.05) is 16.7 Å². The number of nitrogens with one attached hydrogen (secondary N) is 1. The Morgan fingerprint density at radius 1 is 1.22 bits per heavy atom. The first-order valence-corrected chi connectivity index (χ1v) is 7.13. The Morgan fingerprint density at radius 2 is 2.13 bits per heavy atom. The number of carbonyl (C=O) groups excluding carboxylic acids is 1. The Bertz CT molecular complexity index is 873. The minimum absolute atomic E-state index is 0.168. The molecule has 0 unspecified atom stereocenters. The molecule has 0 aliphatic heterocycles. The zero-order chi connectivity index (χ0) is 16.1. The molecular formula is C17H11ClN2O3. The molecule has 2 aromatic heterocycles. The number of nitrogens with zero attached hydrogens (tertiary/aromatic N) is 1. The van der Waals surface area contributed by atoms with E-state index in [1.165, 1.54) is 12.3 Å². The van der Waals surface area contributed by atoms with E-state index in [1.54, 1.807) is 24.3 Å². The third-order valence-electron chi connectivity index (χ3n) is 2.90. The summed E-state index contributed by atoms with van der Waals surface area (Å²) in [5.41, 5.74) is 0.953. The van der Waals surface area contributed by atoms with Gasteiger partial charge in [-0.1, -0.05) is 34.7 Å². The number of benzene rings is 1. The van der Waals surface area contributed by atoms with Crippen LogP contribution in [-0.2, 0) is 0 Å². The van der Waals surface area contributed by atoms with Gasteiger partial charge in [-0.25, -0.2) is 0 Å². The highest BCUT2D eigenvalue weighted by molar-refractivity contribution is 6.30. The Balaban J connectivity index is 1.58. The van der Waals surface area contributed by atoms with Crippen molar-refractivity contribution < 1.29 is 13.7 Å². The molecule has 2 heterocycles. The lowest BCUT2D eigenvalue weighted by atomic mass is 10.2. The van der Waals surface area contributed by atoms with E-state index in [-0.39, 0.29) is 18.1 Å². The largest absolute Gasteiger partial charge is 0.461 e. The fraction of sp³-hybridized carbons (Fsp3) is 0.0588. The van der Waals surface area contributed by atoms with Gasteiger partial charge in [-0.15, -0.1) is 0 Å². The quantitative estimate of drug-likeness (QED) is 0.749. The van der Waals surface area contributed by atoms with Gasteiger partial charge < -0.3 is 14.3 Å². The molecule has 3 rings (SSSR count). The van der Waals surface area contributed by atoms with Crippen LogP contribution in [0.1, 0.15) is 16.1 Å². The number of aromatic nitrogens is 1. The van der Waals surface area contributed by atoms with Crippen molar-refractivity contribution in [1.82, 2.24) is 10.5 Å². The van der Waals surface area contributed by atoms with Gasteiger partial charge in [0.05, 0.1) is 12.8 Å². The number of furan rings is 1. The highest BCUT2D eigenvalue weighted by Crippen LogP contribution is 2.20. The van der Waals surface area contributed by atoms with Crippen LogP contribution < -0.4 is 5.32 Å². The van der Waals surface area contributed by atoms with Gasteiger partial charge in [0.25, 0.3) is 5.91 Å². The summed E-state index contributed by atoms with van der Waals surface area (Å²) in [7, 11) is 0. The highest BCUT2D eigenvalue weighted by Gasteiger charge is 2.14. The first-order valence-electron chi connectivity index (χ1n) is 6.75. The van der Waals surface area contributed by atoms with Crippen LogP contribution in [0.5, 0.6) is 0 Å². The summed E-state index contributed by atoms with van der Waals surface area (Å²) < 4.78 is 10.2. The lowest BCUT2D eigenvalue weighted by Crippen LogP contribution is -2.23. The van der Waals surface area contributed by atoms with E-state index < -0.39 is 0 Å². The number of hydrogen-bond acceptors (Lipinski definition) is 4. The third kappa shape index (κ3) is 3.82. The molecule has 0 aliphatic rings. The van der Waals surface area contributed by atoms with E-state index in [1.807, 2.05) is 12.1 Å². The molecule has 0 aliphatic carbocycles. The molecule has 1 aromatic carbocycles. The van der Waals surface area contributed by atoms with E-state index in [4.69, 9.17) is 20.5 Å². The van der Waals surface area contributed by atoms with Crippen LogP contribution in [0.3, 0.4) is 0 Å². The fourth-order valence-electron chi connectivity index (χ4n) is 1.84. The van der Waals surface area contributed by atoms with E-state index >= 15 is 0 Å². The van der Waals surface area contributed by atoms with Gasteiger partial charge in [-0.05, 0) is 30.3 Å². The topological polar surface area (TPSA) is 68.3 Å². The number of halogens is 1. The van der Waals surface area contributed by atoms with Gasteiger partial charge in [0.1, 0.15) is 0 Å². The molecule has 1 amide bonds. The predicted octanol–water partition coefficient (Wildman–Crippen LogP) is 3.37. The molecule has 23 heavy (non-hydrogen) atoms. The molecule has 6 heteroatoms. The van der Waals surface area contributed by atoms with Crippen molar-refractivity contribution in [2.75, 3.05) is 6.54 Å². The van der Waals surface area contributed by atoms with Gasteiger partial charge >= 0.3 is 0 Å². The maximum absolute atomic E-state index is 11.9. The monoisotopic (exact) mass is 326 g/mol. The molecule has 0 bridgehead atoms. The summed E-state index contributed by atoms with van der Waals surface area (Å²) in [6.07, 6.45) is 1.52. The van der Waals surface area contributed by atoms with Gasteiger partial charge in [-0.3, -0.25) is 4.79 Å². The molecule has 3 aromatic rings. The summed E-state index contributed by atoms with van der Waals surface area (Å²) in [6, 6.07) is 12.1. The van der Waals surface area contributed by atoms with Gasteiger partial charge in [0.2, 0.25) is 5.76 Å². The van der Waals surface area contributed by atoms with Gasteiger partial charge in [0.15, 0.2) is 11.5 Å². The fourth-order valence-corrected chi connectivity index (χ4v) is 2.03. The summed E-state index contributed by atoms with van der Waals surface area (Å²) in [4.78, 5) is 11.9. The lowest BCUT2D eigenvalue weighted by Gasteiger charge is -1.95. The highest BCUT2D eigenvalue weighted by atomic mass is 35.5. The Morgan fingerprint density at radius 3 is 2.91 bits per heavy atom. The maximum Gasteiger partial charge on any atom is 0.274 e. The molecule has 1 N–H and O–H groups in total. The molecule has 0 fully saturated rings. The Labute approximate surface area is 137 Å². The molecule has 114 valence electrons. The Hall–Kier alpha value is -2.97. The van der Waals surface area contributed by atoms with Crippen LogP contribution in [0, 0.1) is 11.8 Å². The van der Waals surface area contributed by atoms with Crippen molar-refractivity contribution in [2.24, 2.45) is 0 Å². The summed E-state index contributed by atoms with van der Waals surface area (Å²) in [6.45, 7) is 0.189. The van der Waals surface area contributed by atoms with Crippen molar-refractivity contribution in [2.45, 2.75) is 0 Å². The van der Waals surface area contributed by atoms with Gasteiger partial charge in [-0.2, -0.15) is 0 Å². The first kappa shape index (κ1) is 14.9. The average Bonchev–Trinajstić information content (AvgIpc) is 3.21. The van der Waals surface area contributed by atoms with Crippen LogP contribution in [-0.4, -0.2) is 17.6 Å². The molecule has 5 nitrogen and oxygen atoms in total. The summed E-state index contributed by atoms with van der Waals surface area (Å²) in [5, 5.41) is 6.97. The van der Waals surface area contributed by atoms with E-state index in [2.05, 4.69) is 22.3 Å². The van der Waals surface area contributed by atoms with Crippen molar-refractivity contribution >= 4 is 17.5 Å². The smallest absolute Gasteiger partial charge is 0.274 e. The molecule has 0 radical (unpaired) electrons. The van der Waals surface area contributed by atoms with Crippen LogP contribution in [0.15, 0.2) is 57.7 Å². The number of amides is 1. The number of carbonyl (C=O) groups is 1. The van der Waals surface area contributed by atoms with E-state index in [0.29, 0.717) is 16.5 Å². The first-order chi connectivity index (χ1) is 11.2. The van der Waals surface area contributed by atoms with Crippen molar-refractivity contribution in [3.8, 4) is 23.4 Å². The maximum atomic E-state index is 11.9. The molecular weight excluding hydrogens is 316 g/mol. The number of hydrogen-bond donors (Lipinski definition) is 1. The standard InChI is InChI=1S/C17H11ClN2O3/c18-13-6-1-4-12(10-13)5-2-8-19-17(21)14-11-16(23-20-14)15-7-3-9-22-15/h1,3-4,6-7,9-11H,8H2,(H,19,21). The molecule has 0 saturated carbocycles. The third-order valence-corrected chi connectivity index (χ3v) is 3.14. The van der Waals surface area contributed by atoms with Crippen molar-refractivity contribution in [3.05, 3.63) is 65.0 Å². The summed E-state index contributed by atoms with van der Waals surface area (Å²) in [5.74, 6) is 6.29. The molecule has 0 spiro atoms. The van der Waals surface area contributed by atoms with Crippen LogP contribution >= 0.6 is 11.6 Å². The minimum atomic E-state index is -0.369. The molecule has 0 saturated heterocycles. The zero-order valence-corrected chi connectivity index (χ0v) is 12.6. The lowest BCUT2D eigenvalue weighted by molar-refractivity contribution is 0.0949. The zero-order valence-electron chi connectivity index (χ0n) is 11.9. The molecule has 0 atom stereocenters.